The number of hydrogen-bond donors (Lipinski definition) is 2. The molecule has 1 aromatic rings. The smallest absolute Gasteiger partial charge is 0.365 e. The Hall–Kier alpha value is -2.10. The third-order valence-electron chi connectivity index (χ3n) is 2.95. The summed E-state index contributed by atoms with van der Waals surface area (Å²) >= 11 is 0. The van der Waals surface area contributed by atoms with Crippen LogP contribution in [0.5, 0.6) is 0 Å². The van der Waals surface area contributed by atoms with E-state index >= 15 is 0 Å². The monoisotopic (exact) mass is 306 g/mol. The number of aromatic nitrogens is 2. The Morgan fingerprint density at radius 1 is 1.62 bits per heavy atom. The molecule has 2 amide bonds. The Bertz CT molecular complexity index is 543. The summed E-state index contributed by atoms with van der Waals surface area (Å²) in [6.07, 6.45) is -4.99. The van der Waals surface area contributed by atoms with E-state index in [1.807, 2.05) is 0 Å². The molecule has 0 bridgehead atoms. The van der Waals surface area contributed by atoms with Gasteiger partial charge in [-0.15, -0.1) is 0 Å². The third-order valence-corrected chi connectivity index (χ3v) is 2.95. The SMILES string of the molecule is CN1C[C@@H](CNC(=O)c2cc(C(F)(F)F)[nH]n2)OCC1=O. The maximum absolute atomic E-state index is 12.4. The van der Waals surface area contributed by atoms with Gasteiger partial charge in [-0.05, 0) is 0 Å². The van der Waals surface area contributed by atoms with Crippen LogP contribution < -0.4 is 5.32 Å². The number of carbonyl (C=O) groups is 2. The summed E-state index contributed by atoms with van der Waals surface area (Å²) < 4.78 is 42.3. The quantitative estimate of drug-likeness (QED) is 0.824. The Balaban J connectivity index is 1.87. The Kier molecular flexibility index (Phi) is 4.16. The molecule has 1 aliphatic rings. The van der Waals surface area contributed by atoms with E-state index in [1.54, 1.807) is 12.1 Å². The van der Waals surface area contributed by atoms with E-state index in [0.29, 0.717) is 12.6 Å². The van der Waals surface area contributed by atoms with E-state index in [1.165, 1.54) is 4.90 Å². The number of nitrogens with one attached hydrogen (secondary N) is 2. The molecular weight excluding hydrogens is 293 g/mol. The number of hydrogen-bond acceptors (Lipinski definition) is 4. The van der Waals surface area contributed by atoms with Crippen LogP contribution in [0.4, 0.5) is 13.2 Å². The molecule has 7 nitrogen and oxygen atoms in total. The summed E-state index contributed by atoms with van der Waals surface area (Å²) in [5, 5.41) is 7.49. The lowest BCUT2D eigenvalue weighted by Crippen LogP contribution is -2.48. The summed E-state index contributed by atoms with van der Waals surface area (Å²) in [6.45, 7) is 0.288. The second-order valence-corrected chi connectivity index (χ2v) is 4.58. The third kappa shape index (κ3) is 3.72. The van der Waals surface area contributed by atoms with E-state index < -0.39 is 23.9 Å². The number of carbonyl (C=O) groups excluding carboxylic acids is 2. The molecule has 10 heteroatoms. The van der Waals surface area contributed by atoms with E-state index in [0.717, 1.165) is 0 Å². The molecule has 1 saturated heterocycles. The highest BCUT2D eigenvalue weighted by molar-refractivity contribution is 5.92. The normalized spacial score (nSPS) is 19.7. The maximum atomic E-state index is 12.4. The van der Waals surface area contributed by atoms with Gasteiger partial charge < -0.3 is 15.0 Å². The number of ether oxygens (including phenoxy) is 1. The summed E-state index contributed by atoms with van der Waals surface area (Å²) in [6, 6.07) is 0.632. The van der Waals surface area contributed by atoms with Gasteiger partial charge in [-0.3, -0.25) is 14.7 Å². The van der Waals surface area contributed by atoms with Crippen LogP contribution in [0.2, 0.25) is 0 Å². The van der Waals surface area contributed by atoms with Gasteiger partial charge in [0.1, 0.15) is 12.3 Å². The fourth-order valence-corrected chi connectivity index (χ4v) is 1.76. The number of rotatable bonds is 3. The molecule has 116 valence electrons. The summed E-state index contributed by atoms with van der Waals surface area (Å²) in [5.74, 6) is -0.912. The van der Waals surface area contributed by atoms with Gasteiger partial charge in [-0.25, -0.2) is 0 Å². The molecule has 2 heterocycles. The molecule has 1 atom stereocenters. The fourth-order valence-electron chi connectivity index (χ4n) is 1.76. The van der Waals surface area contributed by atoms with Gasteiger partial charge in [0.25, 0.3) is 5.91 Å². The molecule has 0 spiro atoms. The van der Waals surface area contributed by atoms with Crippen LogP contribution in [-0.2, 0) is 15.7 Å². The van der Waals surface area contributed by atoms with Gasteiger partial charge in [0.15, 0.2) is 5.69 Å². The van der Waals surface area contributed by atoms with Crippen LogP contribution in [0.1, 0.15) is 16.2 Å². The maximum Gasteiger partial charge on any atom is 0.432 e. The molecule has 1 fully saturated rings. The Morgan fingerprint density at radius 3 is 2.90 bits per heavy atom. The van der Waals surface area contributed by atoms with E-state index in [-0.39, 0.29) is 24.8 Å². The zero-order chi connectivity index (χ0) is 15.6. The van der Waals surface area contributed by atoms with Gasteiger partial charge in [0, 0.05) is 26.2 Å². The van der Waals surface area contributed by atoms with Crippen molar-refractivity contribution < 1.29 is 27.5 Å². The highest BCUT2D eigenvalue weighted by Gasteiger charge is 2.34. The number of H-pyrrole nitrogens is 1. The van der Waals surface area contributed by atoms with Crippen molar-refractivity contribution in [3.63, 3.8) is 0 Å². The molecule has 0 radical (unpaired) electrons. The van der Waals surface area contributed by atoms with Crippen molar-refractivity contribution in [3.8, 4) is 0 Å². The van der Waals surface area contributed by atoms with Crippen molar-refractivity contribution in [2.24, 2.45) is 0 Å². The van der Waals surface area contributed by atoms with Crippen molar-refractivity contribution in [1.82, 2.24) is 20.4 Å². The van der Waals surface area contributed by atoms with Gasteiger partial charge >= 0.3 is 6.18 Å². The van der Waals surface area contributed by atoms with Crippen molar-refractivity contribution in [2.45, 2.75) is 12.3 Å². The standard InChI is InChI=1S/C11H13F3N4O3/c1-18-4-6(21-5-9(18)19)3-15-10(20)7-2-8(17-16-7)11(12,13)14/h2,6H,3-5H2,1H3,(H,15,20)(H,16,17)/t6-/m1/s1. The molecule has 0 aliphatic carbocycles. The van der Waals surface area contributed by atoms with Crippen LogP contribution in [0, 0.1) is 0 Å². The van der Waals surface area contributed by atoms with Crippen LogP contribution in [-0.4, -0.2) is 59.8 Å². The van der Waals surface area contributed by atoms with Crippen molar-refractivity contribution >= 4 is 11.8 Å². The van der Waals surface area contributed by atoms with Crippen LogP contribution >= 0.6 is 0 Å². The first-order valence-corrected chi connectivity index (χ1v) is 6.03. The first-order valence-electron chi connectivity index (χ1n) is 6.03. The molecule has 1 aliphatic heterocycles. The lowest BCUT2D eigenvalue weighted by atomic mass is 10.2. The minimum Gasteiger partial charge on any atom is -0.365 e. The van der Waals surface area contributed by atoms with E-state index in [4.69, 9.17) is 4.74 Å². The highest BCUT2D eigenvalue weighted by Crippen LogP contribution is 2.27. The molecule has 0 saturated carbocycles. The minimum atomic E-state index is -4.58. The predicted molar refractivity (Wildman–Crippen MR) is 63.3 cm³/mol. The minimum absolute atomic E-state index is 0.0741. The molecule has 0 aromatic carbocycles. The van der Waals surface area contributed by atoms with E-state index in [2.05, 4.69) is 10.4 Å². The topological polar surface area (TPSA) is 87.3 Å². The Morgan fingerprint density at radius 2 is 2.33 bits per heavy atom. The van der Waals surface area contributed by atoms with E-state index in [9.17, 15) is 22.8 Å². The summed E-state index contributed by atoms with van der Waals surface area (Å²) in [5.41, 5.74) is -1.45. The van der Waals surface area contributed by atoms with Gasteiger partial charge in [0.2, 0.25) is 5.91 Å². The van der Waals surface area contributed by atoms with Gasteiger partial charge in [-0.1, -0.05) is 0 Å². The van der Waals surface area contributed by atoms with Crippen molar-refractivity contribution in [2.75, 3.05) is 26.7 Å². The number of alkyl halides is 3. The zero-order valence-electron chi connectivity index (χ0n) is 11.0. The number of amides is 2. The largest absolute Gasteiger partial charge is 0.432 e. The Labute approximate surface area is 117 Å². The van der Waals surface area contributed by atoms with Crippen LogP contribution in [0.25, 0.3) is 0 Å². The molecular formula is C11H13F3N4O3. The first kappa shape index (κ1) is 15.3. The van der Waals surface area contributed by atoms with Crippen molar-refractivity contribution in [3.05, 3.63) is 17.5 Å². The van der Waals surface area contributed by atoms with Crippen molar-refractivity contribution in [1.29, 1.82) is 0 Å². The second-order valence-electron chi connectivity index (χ2n) is 4.58. The summed E-state index contributed by atoms with van der Waals surface area (Å²) in [4.78, 5) is 24.3. The molecule has 0 unspecified atom stereocenters. The average Bonchev–Trinajstić information content (AvgIpc) is 2.89. The molecule has 21 heavy (non-hydrogen) atoms. The fraction of sp³-hybridized carbons (Fsp3) is 0.545. The van der Waals surface area contributed by atoms with Gasteiger partial charge in [0.05, 0.1) is 6.10 Å². The van der Waals surface area contributed by atoms with Crippen LogP contribution in [0.15, 0.2) is 6.07 Å². The molecule has 1 aromatic heterocycles. The number of halogens is 3. The average molecular weight is 306 g/mol. The first-order chi connectivity index (χ1) is 9.77. The summed E-state index contributed by atoms with van der Waals surface area (Å²) in [7, 11) is 1.60. The zero-order valence-corrected chi connectivity index (χ0v) is 11.0. The number of nitrogens with zero attached hydrogens (tertiary/aromatic N) is 2. The molecule has 2 N–H and O–H groups in total. The lowest BCUT2D eigenvalue weighted by molar-refractivity contribution is -0.146. The predicted octanol–water partition coefficient (Wildman–Crippen LogP) is 0.0155. The molecule has 2 rings (SSSR count). The number of morpholine rings is 1. The second kappa shape index (κ2) is 5.72. The lowest BCUT2D eigenvalue weighted by Gasteiger charge is -2.29. The van der Waals surface area contributed by atoms with Crippen LogP contribution in [0.3, 0.4) is 0 Å². The highest BCUT2D eigenvalue weighted by atomic mass is 19.4. The number of aromatic amines is 1. The number of likely N-dealkylation sites (N-methyl/N-ethyl adjacent to an activating group) is 1. The van der Waals surface area contributed by atoms with Gasteiger partial charge in [-0.2, -0.15) is 18.3 Å².